The molecule has 32 heavy (non-hydrogen) atoms. The van der Waals surface area contributed by atoms with Crippen LogP contribution in [0.3, 0.4) is 0 Å². The van der Waals surface area contributed by atoms with Gasteiger partial charge in [0.05, 0.1) is 24.7 Å². The van der Waals surface area contributed by atoms with Crippen LogP contribution in [-0.4, -0.2) is 48.5 Å². The van der Waals surface area contributed by atoms with E-state index in [0.717, 1.165) is 16.8 Å². The minimum absolute atomic E-state index is 0.160. The van der Waals surface area contributed by atoms with Crippen LogP contribution in [0.15, 0.2) is 65.7 Å². The Bertz CT molecular complexity index is 1270. The van der Waals surface area contributed by atoms with Crippen molar-refractivity contribution in [2.75, 3.05) is 17.5 Å². The number of imidazole rings is 1. The van der Waals surface area contributed by atoms with E-state index < -0.39 is 24.0 Å². The van der Waals surface area contributed by atoms with Crippen molar-refractivity contribution < 1.29 is 14.9 Å². The Morgan fingerprint density at radius 1 is 1.09 bits per heavy atom. The molecule has 0 bridgehead atoms. The molecule has 1 fully saturated rings. The van der Waals surface area contributed by atoms with E-state index in [4.69, 9.17) is 4.74 Å². The summed E-state index contributed by atoms with van der Waals surface area (Å²) >= 11 is 0. The molecule has 0 amide bonds. The van der Waals surface area contributed by atoms with Gasteiger partial charge in [0.25, 0.3) is 5.56 Å². The molecular weight excluding hydrogens is 412 g/mol. The van der Waals surface area contributed by atoms with Crippen LogP contribution in [0.25, 0.3) is 22.3 Å². The molecule has 1 aliphatic rings. The van der Waals surface area contributed by atoms with Crippen molar-refractivity contribution in [1.29, 1.82) is 0 Å². The van der Waals surface area contributed by atoms with E-state index in [0.29, 0.717) is 5.65 Å². The normalized spacial score (nSPS) is 20.5. The van der Waals surface area contributed by atoms with E-state index in [1.807, 2.05) is 54.6 Å². The van der Waals surface area contributed by atoms with Gasteiger partial charge in [-0.15, -0.1) is 0 Å². The van der Waals surface area contributed by atoms with Crippen molar-refractivity contribution in [3.8, 4) is 11.1 Å². The quantitative estimate of drug-likeness (QED) is 0.290. The number of hydrogen-bond acceptors (Lipinski definition) is 8. The van der Waals surface area contributed by atoms with E-state index >= 15 is 0 Å². The topological polar surface area (TPSA) is 137 Å². The SMILES string of the molecule is O=c1[nH]c(NNc2ccc(-c3ccccc3)cc2)nc2c1ncn2[C@H]1C[C@H](O)[C@@H](CO)O1. The number of nitrogens with zero attached hydrogens (tertiary/aromatic N) is 3. The van der Waals surface area contributed by atoms with Gasteiger partial charge in [-0.1, -0.05) is 42.5 Å². The number of ether oxygens (including phenoxy) is 1. The summed E-state index contributed by atoms with van der Waals surface area (Å²) in [6, 6.07) is 17.9. The Labute approximate surface area is 182 Å². The fourth-order valence-corrected chi connectivity index (χ4v) is 3.75. The summed E-state index contributed by atoms with van der Waals surface area (Å²) in [5.41, 5.74) is 8.99. The zero-order valence-electron chi connectivity index (χ0n) is 17.0. The zero-order chi connectivity index (χ0) is 22.1. The number of aliphatic hydroxyl groups is 2. The van der Waals surface area contributed by atoms with Crippen molar-refractivity contribution in [2.45, 2.75) is 24.9 Å². The van der Waals surface area contributed by atoms with Gasteiger partial charge in [0.15, 0.2) is 11.2 Å². The summed E-state index contributed by atoms with van der Waals surface area (Å²) in [6.45, 7) is -0.294. The molecule has 3 atom stereocenters. The number of fused-ring (bicyclic) bond motifs is 1. The minimum Gasteiger partial charge on any atom is -0.394 e. The van der Waals surface area contributed by atoms with Gasteiger partial charge in [0.1, 0.15) is 12.3 Å². The molecule has 1 saturated heterocycles. The van der Waals surface area contributed by atoms with Crippen LogP contribution in [0.2, 0.25) is 0 Å². The summed E-state index contributed by atoms with van der Waals surface area (Å²) in [6.07, 6.45) is -0.350. The summed E-state index contributed by atoms with van der Waals surface area (Å²) in [5, 5.41) is 19.3. The lowest BCUT2D eigenvalue weighted by molar-refractivity contribution is -0.0432. The maximum Gasteiger partial charge on any atom is 0.280 e. The second-order valence-electron chi connectivity index (χ2n) is 7.55. The molecule has 10 nitrogen and oxygen atoms in total. The smallest absolute Gasteiger partial charge is 0.280 e. The number of hydrazine groups is 1. The lowest BCUT2D eigenvalue weighted by Gasteiger charge is -2.14. The number of aromatic nitrogens is 4. The van der Waals surface area contributed by atoms with Crippen LogP contribution in [0.1, 0.15) is 12.6 Å². The standard InChI is InChI=1S/C22H22N6O4/c29-11-17-16(30)10-18(32-17)28-12-23-19-20(28)24-22(25-21(19)31)27-26-15-8-6-14(7-9-15)13-4-2-1-3-5-13/h1-9,12,16-18,26,29-30H,10-11H2,(H2,24,25,27,31)/t16-,17+,18+/m0/s1. The number of anilines is 2. The van der Waals surface area contributed by atoms with E-state index in [1.54, 1.807) is 4.57 Å². The van der Waals surface area contributed by atoms with E-state index in [1.165, 1.54) is 6.33 Å². The highest BCUT2D eigenvalue weighted by molar-refractivity contribution is 5.71. The Kier molecular flexibility index (Phi) is 5.31. The van der Waals surface area contributed by atoms with E-state index in [-0.39, 0.29) is 24.5 Å². The second-order valence-corrected chi connectivity index (χ2v) is 7.55. The number of hydrogen-bond donors (Lipinski definition) is 5. The molecule has 0 unspecified atom stereocenters. The first kappa shape index (κ1) is 20.2. The van der Waals surface area contributed by atoms with Gasteiger partial charge in [-0.25, -0.2) is 4.98 Å². The average molecular weight is 434 g/mol. The Balaban J connectivity index is 1.34. The van der Waals surface area contributed by atoms with Gasteiger partial charge in [-0.2, -0.15) is 4.98 Å². The molecule has 0 spiro atoms. The zero-order valence-corrected chi connectivity index (χ0v) is 17.0. The van der Waals surface area contributed by atoms with Crippen LogP contribution in [0.5, 0.6) is 0 Å². The van der Waals surface area contributed by atoms with E-state index in [2.05, 4.69) is 25.8 Å². The lowest BCUT2D eigenvalue weighted by atomic mass is 10.1. The molecule has 5 N–H and O–H groups in total. The van der Waals surface area contributed by atoms with Gasteiger partial charge in [0.2, 0.25) is 5.95 Å². The van der Waals surface area contributed by atoms with Crippen LogP contribution < -0.4 is 16.4 Å². The molecule has 0 aliphatic carbocycles. The fourth-order valence-electron chi connectivity index (χ4n) is 3.75. The molecular formula is C22H22N6O4. The summed E-state index contributed by atoms with van der Waals surface area (Å²) < 4.78 is 7.25. The maximum atomic E-state index is 12.5. The van der Waals surface area contributed by atoms with Crippen LogP contribution in [0.4, 0.5) is 11.6 Å². The largest absolute Gasteiger partial charge is 0.394 e. The predicted molar refractivity (Wildman–Crippen MR) is 119 cm³/mol. The molecule has 4 aromatic rings. The Morgan fingerprint density at radius 3 is 2.56 bits per heavy atom. The molecule has 1 aliphatic heterocycles. The minimum atomic E-state index is -0.803. The van der Waals surface area contributed by atoms with Crippen LogP contribution >= 0.6 is 0 Å². The van der Waals surface area contributed by atoms with Gasteiger partial charge in [-0.3, -0.25) is 25.2 Å². The first-order valence-electron chi connectivity index (χ1n) is 10.2. The first-order valence-corrected chi connectivity index (χ1v) is 10.2. The number of rotatable bonds is 6. The van der Waals surface area contributed by atoms with Gasteiger partial charge < -0.3 is 14.9 Å². The number of nitrogens with one attached hydrogen (secondary N) is 3. The van der Waals surface area contributed by atoms with Crippen molar-refractivity contribution >= 4 is 22.8 Å². The highest BCUT2D eigenvalue weighted by Crippen LogP contribution is 2.30. The monoisotopic (exact) mass is 434 g/mol. The number of H-pyrrole nitrogens is 1. The van der Waals surface area contributed by atoms with Gasteiger partial charge in [-0.05, 0) is 23.3 Å². The van der Waals surface area contributed by atoms with Crippen molar-refractivity contribution in [3.05, 3.63) is 71.3 Å². The Morgan fingerprint density at radius 2 is 1.84 bits per heavy atom. The molecule has 3 heterocycles. The number of aliphatic hydroxyl groups excluding tert-OH is 2. The summed E-state index contributed by atoms with van der Waals surface area (Å²) in [4.78, 5) is 23.7. The molecule has 10 heteroatoms. The lowest BCUT2D eigenvalue weighted by Crippen LogP contribution is -2.24. The molecule has 2 aromatic heterocycles. The predicted octanol–water partition coefficient (Wildman–Crippen LogP) is 1.87. The highest BCUT2D eigenvalue weighted by Gasteiger charge is 2.35. The summed E-state index contributed by atoms with van der Waals surface area (Å²) in [5.74, 6) is 0.202. The molecule has 2 aromatic carbocycles. The van der Waals surface area contributed by atoms with Crippen LogP contribution in [0, 0.1) is 0 Å². The van der Waals surface area contributed by atoms with Crippen molar-refractivity contribution in [1.82, 2.24) is 19.5 Å². The molecule has 0 radical (unpaired) electrons. The van der Waals surface area contributed by atoms with Gasteiger partial charge >= 0.3 is 0 Å². The number of aromatic amines is 1. The van der Waals surface area contributed by atoms with E-state index in [9.17, 15) is 15.0 Å². The van der Waals surface area contributed by atoms with Gasteiger partial charge in [0, 0.05) is 6.42 Å². The van der Waals surface area contributed by atoms with Crippen molar-refractivity contribution in [2.24, 2.45) is 0 Å². The third kappa shape index (κ3) is 3.82. The third-order valence-corrected chi connectivity index (χ3v) is 5.44. The highest BCUT2D eigenvalue weighted by atomic mass is 16.5. The first-order chi connectivity index (χ1) is 15.6. The number of benzene rings is 2. The third-order valence-electron chi connectivity index (χ3n) is 5.44. The molecule has 0 saturated carbocycles. The molecule has 164 valence electrons. The van der Waals surface area contributed by atoms with Crippen molar-refractivity contribution in [3.63, 3.8) is 0 Å². The molecule has 5 rings (SSSR count). The average Bonchev–Trinajstić information content (AvgIpc) is 3.42. The fraction of sp³-hybridized carbons (Fsp3) is 0.227. The van der Waals surface area contributed by atoms with Crippen LogP contribution in [-0.2, 0) is 4.74 Å². The second kappa shape index (κ2) is 8.42. The summed E-state index contributed by atoms with van der Waals surface area (Å²) in [7, 11) is 0. The maximum absolute atomic E-state index is 12.5. The Hall–Kier alpha value is -3.73.